The quantitative estimate of drug-likeness (QED) is 0.0196. The lowest BCUT2D eigenvalue weighted by atomic mass is 10.0. The molecule has 0 aromatic rings. The Morgan fingerprint density at radius 1 is 0.517 bits per heavy atom. The second-order valence-corrected chi connectivity index (χ2v) is 19.2. The topological polar surface area (TPSA) is 111 Å². The van der Waals surface area contributed by atoms with Crippen molar-refractivity contribution >= 4 is 19.8 Å². The van der Waals surface area contributed by atoms with Gasteiger partial charge in [0.05, 0.1) is 27.7 Å². The minimum Gasteiger partial charge on any atom is -0.756 e. The molecule has 0 aliphatic heterocycles. The molecular weight excluding hydrogens is 774 g/mol. The van der Waals surface area contributed by atoms with Crippen LogP contribution in [0.25, 0.3) is 0 Å². The van der Waals surface area contributed by atoms with Crippen molar-refractivity contribution < 1.29 is 42.1 Å². The molecule has 0 aromatic carbocycles. The van der Waals surface area contributed by atoms with Gasteiger partial charge in [0, 0.05) is 12.8 Å². The third-order valence-corrected chi connectivity index (χ3v) is 11.6. The Bertz CT molecular complexity index is 1120. The second kappa shape index (κ2) is 42.5. The summed E-state index contributed by atoms with van der Waals surface area (Å²) < 4.78 is 33.9. The molecule has 0 heterocycles. The maximum atomic E-state index is 12.7. The van der Waals surface area contributed by atoms with E-state index in [9.17, 15) is 19.0 Å². The summed E-state index contributed by atoms with van der Waals surface area (Å²) in [5.74, 6) is -0.871. The summed E-state index contributed by atoms with van der Waals surface area (Å²) in [5, 5.41) is 0. The van der Waals surface area contributed by atoms with E-state index in [1.807, 2.05) is 21.1 Å². The van der Waals surface area contributed by atoms with Gasteiger partial charge in [0.1, 0.15) is 19.8 Å². The summed E-state index contributed by atoms with van der Waals surface area (Å²) in [7, 11) is 1.15. The van der Waals surface area contributed by atoms with E-state index >= 15 is 0 Å². The minimum atomic E-state index is -4.64. The Kier molecular flexibility index (Phi) is 41.3. The molecule has 9 nitrogen and oxygen atoms in total. The number of nitrogens with zero attached hydrogens (tertiary/aromatic N) is 1. The van der Waals surface area contributed by atoms with Crippen LogP contribution in [-0.4, -0.2) is 70.0 Å². The molecule has 10 heteroatoms. The molecule has 0 aliphatic carbocycles. The first kappa shape index (κ1) is 58.2. The van der Waals surface area contributed by atoms with Crippen LogP contribution in [0.4, 0.5) is 0 Å². The van der Waals surface area contributed by atoms with Gasteiger partial charge in [-0.1, -0.05) is 192 Å². The van der Waals surface area contributed by atoms with E-state index in [1.165, 1.54) is 135 Å². The fraction of sp³-hybridized carbons (Fsp3) is 0.840. The highest BCUT2D eigenvalue weighted by molar-refractivity contribution is 7.45. The van der Waals surface area contributed by atoms with E-state index < -0.39 is 26.5 Å². The highest BCUT2D eigenvalue weighted by Gasteiger charge is 2.21. The van der Waals surface area contributed by atoms with Gasteiger partial charge in [0.2, 0.25) is 0 Å². The molecule has 0 fully saturated rings. The lowest BCUT2D eigenvalue weighted by Gasteiger charge is -2.28. The van der Waals surface area contributed by atoms with Gasteiger partial charge in [-0.3, -0.25) is 14.2 Å². The lowest BCUT2D eigenvalue weighted by molar-refractivity contribution is -0.870. The van der Waals surface area contributed by atoms with Gasteiger partial charge in [0.15, 0.2) is 6.10 Å². The molecule has 0 aromatic heterocycles. The lowest BCUT2D eigenvalue weighted by Crippen LogP contribution is -2.37. The van der Waals surface area contributed by atoms with Crippen LogP contribution in [0, 0.1) is 0 Å². The van der Waals surface area contributed by atoms with E-state index in [1.54, 1.807) is 0 Å². The van der Waals surface area contributed by atoms with Gasteiger partial charge >= 0.3 is 11.9 Å². The van der Waals surface area contributed by atoms with E-state index in [0.717, 1.165) is 51.4 Å². The van der Waals surface area contributed by atoms with Crippen molar-refractivity contribution in [3.8, 4) is 0 Å². The second-order valence-electron chi connectivity index (χ2n) is 17.8. The Labute approximate surface area is 370 Å². The van der Waals surface area contributed by atoms with Crippen LogP contribution in [0.3, 0.4) is 0 Å². The number of rotatable bonds is 45. The van der Waals surface area contributed by atoms with E-state index in [-0.39, 0.29) is 32.0 Å². The maximum Gasteiger partial charge on any atom is 0.306 e. The highest BCUT2D eigenvalue weighted by Crippen LogP contribution is 2.38. The SMILES string of the molecule is CCCCC/C=C\C/C=C\C/C=C\CCCCC(=O)O[C@H](COC(=O)CCCCCCCCCCCCCCCCCCCCCCC)COP(=O)([O-])OCC[N+](C)(C)C. The number of phosphoric ester groups is 1. The fourth-order valence-electron chi connectivity index (χ4n) is 6.78. The zero-order valence-corrected chi connectivity index (χ0v) is 40.6. The van der Waals surface area contributed by atoms with Gasteiger partial charge in [-0.25, -0.2) is 0 Å². The number of carbonyl (C=O) groups is 2. The van der Waals surface area contributed by atoms with Crippen molar-refractivity contribution in [2.24, 2.45) is 0 Å². The standard InChI is InChI=1S/C50H94NO8P/c1-6-8-10-12-14-16-18-20-22-23-24-25-26-27-29-30-32-34-36-38-40-42-49(52)56-46-48(47-58-60(54,55)57-45-44-51(3,4)5)59-50(53)43-41-39-37-35-33-31-28-21-19-17-15-13-11-9-7-2/h15,17,21,28,33,35,48H,6-14,16,18-20,22-27,29-32,34,36-47H2,1-5H3/b17-15-,28-21-,35-33-/t48-/m1/s1. The highest BCUT2D eigenvalue weighted by atomic mass is 31.2. The number of allylic oxidation sites excluding steroid dienone is 6. The zero-order chi connectivity index (χ0) is 44.3. The van der Waals surface area contributed by atoms with Crippen LogP contribution >= 0.6 is 7.82 Å². The average Bonchev–Trinajstić information content (AvgIpc) is 3.20. The van der Waals surface area contributed by atoms with Crippen LogP contribution in [0.5, 0.6) is 0 Å². The molecular formula is C50H94NO8P. The Balaban J connectivity index is 4.27. The Morgan fingerprint density at radius 3 is 1.37 bits per heavy atom. The normalized spacial score (nSPS) is 13.8. The minimum absolute atomic E-state index is 0.0372. The Morgan fingerprint density at radius 2 is 0.900 bits per heavy atom. The van der Waals surface area contributed by atoms with Gasteiger partial charge < -0.3 is 27.9 Å². The van der Waals surface area contributed by atoms with Crippen molar-refractivity contribution in [3.63, 3.8) is 0 Å². The van der Waals surface area contributed by atoms with Gasteiger partial charge in [0.25, 0.3) is 7.82 Å². The summed E-state index contributed by atoms with van der Waals surface area (Å²) in [6.07, 6.45) is 49.0. The number of hydrogen-bond acceptors (Lipinski definition) is 8. The van der Waals surface area contributed by atoms with Crippen molar-refractivity contribution in [3.05, 3.63) is 36.5 Å². The number of likely N-dealkylation sites (N-methyl/N-ethyl adjacent to an activating group) is 1. The van der Waals surface area contributed by atoms with E-state index in [0.29, 0.717) is 17.4 Å². The predicted octanol–water partition coefficient (Wildman–Crippen LogP) is 13.8. The molecule has 0 saturated heterocycles. The summed E-state index contributed by atoms with van der Waals surface area (Å²) in [6, 6.07) is 0. The molecule has 0 amide bonds. The first-order valence-electron chi connectivity index (χ1n) is 24.7. The Hall–Kier alpha value is -1.77. The van der Waals surface area contributed by atoms with Crippen LogP contribution in [0.15, 0.2) is 36.5 Å². The summed E-state index contributed by atoms with van der Waals surface area (Å²) in [6.45, 7) is 4.18. The first-order valence-corrected chi connectivity index (χ1v) is 26.2. The molecule has 0 saturated carbocycles. The third-order valence-electron chi connectivity index (χ3n) is 10.7. The van der Waals surface area contributed by atoms with Gasteiger partial charge in [-0.05, 0) is 51.4 Å². The molecule has 352 valence electrons. The summed E-state index contributed by atoms with van der Waals surface area (Å²) in [5.41, 5.74) is 0. The fourth-order valence-corrected chi connectivity index (χ4v) is 7.51. The molecule has 0 aliphatic rings. The van der Waals surface area contributed by atoms with E-state index in [2.05, 4.69) is 50.3 Å². The van der Waals surface area contributed by atoms with Crippen molar-refractivity contribution in [2.75, 3.05) is 47.5 Å². The molecule has 0 rings (SSSR count). The average molecular weight is 868 g/mol. The molecule has 60 heavy (non-hydrogen) atoms. The van der Waals surface area contributed by atoms with Crippen LogP contribution < -0.4 is 4.89 Å². The predicted molar refractivity (Wildman–Crippen MR) is 250 cm³/mol. The van der Waals surface area contributed by atoms with Gasteiger partial charge in [-0.2, -0.15) is 0 Å². The molecule has 2 atom stereocenters. The molecule has 1 unspecified atom stereocenters. The van der Waals surface area contributed by atoms with Gasteiger partial charge in [-0.15, -0.1) is 0 Å². The molecule has 0 N–H and O–H groups in total. The third kappa shape index (κ3) is 45.7. The zero-order valence-electron chi connectivity index (χ0n) is 39.7. The first-order chi connectivity index (χ1) is 29.0. The van der Waals surface area contributed by atoms with Crippen LogP contribution in [0.1, 0.15) is 219 Å². The number of carbonyl (C=O) groups excluding carboxylic acids is 2. The largest absolute Gasteiger partial charge is 0.756 e. The maximum absolute atomic E-state index is 12.7. The number of phosphoric acid groups is 1. The monoisotopic (exact) mass is 868 g/mol. The number of unbranched alkanes of at least 4 members (excludes halogenated alkanes) is 25. The number of ether oxygens (including phenoxy) is 2. The smallest absolute Gasteiger partial charge is 0.306 e. The number of quaternary nitrogens is 1. The van der Waals surface area contributed by atoms with Crippen molar-refractivity contribution in [2.45, 2.75) is 225 Å². The molecule has 0 spiro atoms. The van der Waals surface area contributed by atoms with Crippen LogP contribution in [-0.2, 0) is 32.7 Å². The van der Waals surface area contributed by atoms with Crippen molar-refractivity contribution in [1.29, 1.82) is 0 Å². The summed E-state index contributed by atoms with van der Waals surface area (Å²) in [4.78, 5) is 37.6. The van der Waals surface area contributed by atoms with Crippen molar-refractivity contribution in [1.82, 2.24) is 0 Å². The van der Waals surface area contributed by atoms with Crippen LogP contribution in [0.2, 0.25) is 0 Å². The molecule has 0 radical (unpaired) electrons. The number of hydrogen-bond donors (Lipinski definition) is 0. The van der Waals surface area contributed by atoms with E-state index in [4.69, 9.17) is 18.5 Å². The number of esters is 2. The molecule has 0 bridgehead atoms. The summed E-state index contributed by atoms with van der Waals surface area (Å²) >= 11 is 0.